The second kappa shape index (κ2) is 10.8. The first-order chi connectivity index (χ1) is 15.5. The highest BCUT2D eigenvalue weighted by Crippen LogP contribution is 2.37. The van der Waals surface area contributed by atoms with Gasteiger partial charge in [0.1, 0.15) is 23.6 Å². The minimum atomic E-state index is -0.141. The maximum atomic E-state index is 11.4. The highest BCUT2D eigenvalue weighted by atomic mass is 16.5. The van der Waals surface area contributed by atoms with E-state index in [0.717, 1.165) is 42.9 Å². The fourth-order valence-corrected chi connectivity index (χ4v) is 3.93. The van der Waals surface area contributed by atoms with Crippen molar-refractivity contribution in [3.8, 4) is 11.5 Å². The fourth-order valence-electron chi connectivity index (χ4n) is 3.93. The number of ether oxygens (including phenoxy) is 2. The summed E-state index contributed by atoms with van der Waals surface area (Å²) in [5.74, 6) is 2.06. The van der Waals surface area contributed by atoms with E-state index in [-0.39, 0.29) is 12.6 Å². The van der Waals surface area contributed by atoms with Crippen LogP contribution in [0.1, 0.15) is 19.8 Å². The van der Waals surface area contributed by atoms with Crippen molar-refractivity contribution in [2.45, 2.75) is 25.8 Å². The summed E-state index contributed by atoms with van der Waals surface area (Å²) < 4.78 is 10.8. The summed E-state index contributed by atoms with van der Waals surface area (Å²) >= 11 is 0. The minimum Gasteiger partial charge on any atom is -0.497 e. The number of aliphatic hydroxyl groups excluding tert-OH is 1. The summed E-state index contributed by atoms with van der Waals surface area (Å²) in [6, 6.07) is 11.1. The van der Waals surface area contributed by atoms with Gasteiger partial charge in [0.2, 0.25) is 0 Å². The molecule has 1 aliphatic heterocycles. The van der Waals surface area contributed by atoms with Gasteiger partial charge in [-0.15, -0.1) is 0 Å². The number of carbonyl (C=O) groups is 1. The topological polar surface area (TPSA) is 87.0 Å². The quantitative estimate of drug-likeness (QED) is 0.363. The Kier molecular flexibility index (Phi) is 7.83. The predicted octanol–water partition coefficient (Wildman–Crippen LogP) is 3.88. The first-order valence-corrected chi connectivity index (χ1v) is 10.5. The number of benzene rings is 2. The molecule has 32 heavy (non-hydrogen) atoms. The largest absolute Gasteiger partial charge is 0.497 e. The highest BCUT2D eigenvalue weighted by Gasteiger charge is 2.25. The van der Waals surface area contributed by atoms with E-state index >= 15 is 0 Å². The van der Waals surface area contributed by atoms with Crippen LogP contribution in [0.5, 0.6) is 11.5 Å². The molecule has 1 atom stereocenters. The zero-order valence-electron chi connectivity index (χ0n) is 18.8. The Morgan fingerprint density at radius 3 is 2.50 bits per heavy atom. The molecule has 1 N–H and O–H groups in total. The lowest BCUT2D eigenvalue weighted by molar-refractivity contribution is -0.110. The smallest absolute Gasteiger partial charge is 0.142 e. The molecule has 1 heterocycles. The van der Waals surface area contributed by atoms with Crippen LogP contribution >= 0.6 is 0 Å². The molecular weight excluding hydrogens is 408 g/mol. The van der Waals surface area contributed by atoms with E-state index in [1.54, 1.807) is 20.3 Å². The second-order valence-corrected chi connectivity index (χ2v) is 7.48. The number of amidine groups is 1. The third-order valence-electron chi connectivity index (χ3n) is 5.57. The van der Waals surface area contributed by atoms with Gasteiger partial charge < -0.3 is 29.2 Å². The van der Waals surface area contributed by atoms with E-state index in [0.29, 0.717) is 29.4 Å². The number of methoxy groups -OCH3 is 2. The fraction of sp³-hybridized carbons (Fsp3) is 0.375. The van der Waals surface area contributed by atoms with Crippen molar-refractivity contribution in [2.24, 2.45) is 9.98 Å². The molecule has 0 amide bonds. The number of carbonyl (C=O) groups excluding carboxylic acids is 1. The van der Waals surface area contributed by atoms with E-state index < -0.39 is 0 Å². The van der Waals surface area contributed by atoms with Gasteiger partial charge in [-0.1, -0.05) is 0 Å². The zero-order chi connectivity index (χ0) is 23.1. The van der Waals surface area contributed by atoms with Crippen molar-refractivity contribution < 1.29 is 19.4 Å². The first kappa shape index (κ1) is 23.3. The molecule has 1 saturated heterocycles. The number of hydrogen-bond donors (Lipinski definition) is 1. The molecule has 8 heteroatoms. The number of aldehydes is 1. The third-order valence-corrected chi connectivity index (χ3v) is 5.57. The second-order valence-electron chi connectivity index (χ2n) is 7.48. The van der Waals surface area contributed by atoms with Gasteiger partial charge in [0.05, 0.1) is 38.2 Å². The first-order valence-electron chi connectivity index (χ1n) is 10.5. The van der Waals surface area contributed by atoms with Gasteiger partial charge in [-0.05, 0) is 44.7 Å². The predicted molar refractivity (Wildman–Crippen MR) is 128 cm³/mol. The SMILES string of the molecule is C=Nc1ccc(N(CCO)c2cc(OC)cc(OC)c2)cc1N=C(C)N1CCCC1C=O. The molecule has 2 aromatic carbocycles. The summed E-state index contributed by atoms with van der Waals surface area (Å²) in [7, 11) is 3.19. The number of rotatable bonds is 9. The molecule has 1 unspecified atom stereocenters. The molecule has 0 radical (unpaired) electrons. The van der Waals surface area contributed by atoms with Crippen LogP contribution in [0.4, 0.5) is 22.7 Å². The Labute approximate surface area is 188 Å². The number of aliphatic hydroxyl groups is 1. The molecule has 3 rings (SSSR count). The lowest BCUT2D eigenvalue weighted by Gasteiger charge is -2.26. The summed E-state index contributed by atoms with van der Waals surface area (Å²) in [5.41, 5.74) is 2.91. The van der Waals surface area contributed by atoms with E-state index in [4.69, 9.17) is 14.5 Å². The van der Waals surface area contributed by atoms with Gasteiger partial charge in [0.15, 0.2) is 0 Å². The van der Waals surface area contributed by atoms with Gasteiger partial charge in [0, 0.05) is 42.7 Å². The van der Waals surface area contributed by atoms with Gasteiger partial charge in [-0.2, -0.15) is 0 Å². The van der Waals surface area contributed by atoms with Crippen molar-refractivity contribution in [1.29, 1.82) is 0 Å². The third kappa shape index (κ3) is 5.08. The molecular formula is C24H30N4O4. The summed E-state index contributed by atoms with van der Waals surface area (Å²) in [6.45, 7) is 6.68. The van der Waals surface area contributed by atoms with E-state index in [1.165, 1.54) is 0 Å². The average Bonchev–Trinajstić information content (AvgIpc) is 3.31. The maximum Gasteiger partial charge on any atom is 0.142 e. The molecule has 8 nitrogen and oxygen atoms in total. The van der Waals surface area contributed by atoms with Gasteiger partial charge in [0.25, 0.3) is 0 Å². The van der Waals surface area contributed by atoms with E-state index in [9.17, 15) is 9.90 Å². The number of nitrogens with zero attached hydrogens (tertiary/aromatic N) is 4. The number of likely N-dealkylation sites (tertiary alicyclic amines) is 1. The molecule has 0 saturated carbocycles. The average molecular weight is 439 g/mol. The molecule has 0 bridgehead atoms. The Morgan fingerprint density at radius 2 is 1.91 bits per heavy atom. The van der Waals surface area contributed by atoms with Crippen LogP contribution in [0.25, 0.3) is 0 Å². The van der Waals surface area contributed by atoms with E-state index in [1.807, 2.05) is 47.1 Å². The minimum absolute atomic E-state index is 0.0482. The Balaban J connectivity index is 2.04. The molecule has 0 aliphatic carbocycles. The molecule has 1 aliphatic rings. The van der Waals surface area contributed by atoms with Crippen LogP contribution in [-0.4, -0.2) is 68.8 Å². The van der Waals surface area contributed by atoms with Crippen LogP contribution in [0, 0.1) is 0 Å². The van der Waals surface area contributed by atoms with Crippen molar-refractivity contribution in [3.05, 3.63) is 36.4 Å². The van der Waals surface area contributed by atoms with Crippen molar-refractivity contribution in [3.63, 3.8) is 0 Å². The number of hydrogen-bond acceptors (Lipinski definition) is 7. The van der Waals surface area contributed by atoms with Gasteiger partial charge in [-0.25, -0.2) is 4.99 Å². The standard InChI is InChI=1S/C24H30N4O4/c1-17(27-9-5-6-19(27)16-30)26-24-14-18(7-8-23(24)25-2)28(10-11-29)20-12-21(31-3)15-22(13-20)32-4/h7-8,12-16,19,29H,2,5-6,9-11H2,1,3-4H3. The van der Waals surface area contributed by atoms with Crippen molar-refractivity contribution in [1.82, 2.24) is 4.90 Å². The molecule has 170 valence electrons. The zero-order valence-corrected chi connectivity index (χ0v) is 18.8. The lowest BCUT2D eigenvalue weighted by Crippen LogP contribution is -2.34. The van der Waals surface area contributed by atoms with Crippen LogP contribution in [0.15, 0.2) is 46.4 Å². The number of anilines is 2. The normalized spacial score (nSPS) is 16.1. The maximum absolute atomic E-state index is 11.4. The number of aliphatic imine (C=N–C) groups is 2. The summed E-state index contributed by atoms with van der Waals surface area (Å²) in [6.07, 6.45) is 2.78. The molecule has 0 aromatic heterocycles. The van der Waals surface area contributed by atoms with Crippen LogP contribution < -0.4 is 14.4 Å². The van der Waals surface area contributed by atoms with Crippen molar-refractivity contribution >= 4 is 41.6 Å². The van der Waals surface area contributed by atoms with Crippen LogP contribution in [0.3, 0.4) is 0 Å². The molecule has 2 aromatic rings. The Hall–Kier alpha value is -3.39. The van der Waals surface area contributed by atoms with Gasteiger partial charge >= 0.3 is 0 Å². The van der Waals surface area contributed by atoms with Crippen LogP contribution in [0.2, 0.25) is 0 Å². The lowest BCUT2D eigenvalue weighted by atomic mass is 10.2. The highest BCUT2D eigenvalue weighted by molar-refractivity contribution is 5.88. The summed E-state index contributed by atoms with van der Waals surface area (Å²) in [4.78, 5) is 24.3. The molecule has 1 fully saturated rings. The van der Waals surface area contributed by atoms with E-state index in [2.05, 4.69) is 11.7 Å². The Bertz CT molecular complexity index is 970. The van der Waals surface area contributed by atoms with Crippen LogP contribution in [-0.2, 0) is 4.79 Å². The Morgan fingerprint density at radius 1 is 1.19 bits per heavy atom. The molecule has 0 spiro atoms. The monoisotopic (exact) mass is 438 g/mol. The summed E-state index contributed by atoms with van der Waals surface area (Å²) in [5, 5.41) is 9.73. The van der Waals surface area contributed by atoms with Gasteiger partial charge in [-0.3, -0.25) is 4.99 Å². The van der Waals surface area contributed by atoms with Crippen molar-refractivity contribution in [2.75, 3.05) is 38.8 Å².